The predicted octanol–water partition coefficient (Wildman–Crippen LogP) is 3.35. The molecule has 2 rings (SSSR count). The number of carbonyl (C=O) groups is 1. The number of benzene rings is 2. The van der Waals surface area contributed by atoms with Gasteiger partial charge in [-0.05, 0) is 42.8 Å². The molecule has 0 aliphatic rings. The van der Waals surface area contributed by atoms with E-state index in [2.05, 4.69) is 5.32 Å². The monoisotopic (exact) mass is 253 g/mol. The summed E-state index contributed by atoms with van der Waals surface area (Å²) in [5, 5.41) is 11.9. The fourth-order valence-corrected chi connectivity index (χ4v) is 1.58. The summed E-state index contributed by atoms with van der Waals surface area (Å²) < 4.78 is 0. The average Bonchev–Trinajstić information content (AvgIpc) is 2.41. The van der Waals surface area contributed by atoms with Gasteiger partial charge in [-0.25, -0.2) is 0 Å². The molecule has 0 aliphatic heterocycles. The fourth-order valence-electron chi connectivity index (χ4n) is 1.58. The summed E-state index contributed by atoms with van der Waals surface area (Å²) in [4.78, 5) is 11.7. The minimum absolute atomic E-state index is 0.174. The summed E-state index contributed by atoms with van der Waals surface area (Å²) in [6.07, 6.45) is 3.24. The lowest BCUT2D eigenvalue weighted by atomic mass is 10.1. The SMILES string of the molecule is Cc1ccc(/C=C/C(=O)Nc2ccc(O)cc2)cc1. The Morgan fingerprint density at radius 2 is 1.68 bits per heavy atom. The molecule has 0 saturated carbocycles. The molecule has 0 aromatic heterocycles. The van der Waals surface area contributed by atoms with Gasteiger partial charge in [0.25, 0.3) is 0 Å². The molecular formula is C16H15NO2. The number of rotatable bonds is 3. The Morgan fingerprint density at radius 3 is 2.32 bits per heavy atom. The molecule has 2 aromatic rings. The van der Waals surface area contributed by atoms with Gasteiger partial charge >= 0.3 is 0 Å². The van der Waals surface area contributed by atoms with Gasteiger partial charge in [0.2, 0.25) is 5.91 Å². The lowest BCUT2D eigenvalue weighted by molar-refractivity contribution is -0.111. The van der Waals surface area contributed by atoms with Gasteiger partial charge in [-0.1, -0.05) is 29.8 Å². The number of hydrogen-bond donors (Lipinski definition) is 2. The van der Waals surface area contributed by atoms with Crippen molar-refractivity contribution in [1.82, 2.24) is 0 Å². The van der Waals surface area contributed by atoms with Crippen LogP contribution < -0.4 is 5.32 Å². The molecule has 2 N–H and O–H groups in total. The smallest absolute Gasteiger partial charge is 0.248 e. The number of carbonyl (C=O) groups excluding carboxylic acids is 1. The fraction of sp³-hybridized carbons (Fsp3) is 0.0625. The lowest BCUT2D eigenvalue weighted by Crippen LogP contribution is -2.07. The minimum Gasteiger partial charge on any atom is -0.508 e. The van der Waals surface area contributed by atoms with Crippen LogP contribution in [0.15, 0.2) is 54.6 Å². The molecular weight excluding hydrogens is 238 g/mol. The zero-order valence-electron chi connectivity index (χ0n) is 10.6. The second kappa shape index (κ2) is 5.87. The number of phenolic OH excluding ortho intramolecular Hbond substituents is 1. The number of amides is 1. The van der Waals surface area contributed by atoms with Gasteiger partial charge in [0.15, 0.2) is 0 Å². The third-order valence-corrected chi connectivity index (χ3v) is 2.64. The molecule has 0 atom stereocenters. The third-order valence-electron chi connectivity index (χ3n) is 2.64. The lowest BCUT2D eigenvalue weighted by Gasteiger charge is -2.01. The van der Waals surface area contributed by atoms with Crippen LogP contribution in [0.4, 0.5) is 5.69 Å². The Bertz CT molecular complexity index is 583. The first kappa shape index (κ1) is 12.9. The molecule has 3 nitrogen and oxygen atoms in total. The molecule has 0 saturated heterocycles. The van der Waals surface area contributed by atoms with E-state index in [1.807, 2.05) is 31.2 Å². The molecule has 19 heavy (non-hydrogen) atoms. The van der Waals surface area contributed by atoms with E-state index in [4.69, 9.17) is 5.11 Å². The van der Waals surface area contributed by atoms with E-state index >= 15 is 0 Å². The highest BCUT2D eigenvalue weighted by atomic mass is 16.3. The second-order valence-corrected chi connectivity index (χ2v) is 4.28. The van der Waals surface area contributed by atoms with Crippen LogP contribution in [-0.4, -0.2) is 11.0 Å². The normalized spacial score (nSPS) is 10.6. The summed E-state index contributed by atoms with van der Waals surface area (Å²) >= 11 is 0. The summed E-state index contributed by atoms with van der Waals surface area (Å²) in [7, 11) is 0. The Kier molecular flexibility index (Phi) is 3.98. The quantitative estimate of drug-likeness (QED) is 0.651. The topological polar surface area (TPSA) is 49.3 Å². The highest BCUT2D eigenvalue weighted by molar-refractivity contribution is 6.01. The van der Waals surface area contributed by atoms with E-state index in [0.717, 1.165) is 5.56 Å². The molecule has 0 spiro atoms. The number of aryl methyl sites for hydroxylation is 1. The van der Waals surface area contributed by atoms with Crippen molar-refractivity contribution in [1.29, 1.82) is 0 Å². The standard InChI is InChI=1S/C16H15NO2/c1-12-2-4-13(5-3-12)6-11-16(19)17-14-7-9-15(18)10-8-14/h2-11,18H,1H3,(H,17,19)/b11-6+. The Labute approximate surface area is 112 Å². The molecule has 0 radical (unpaired) electrons. The molecule has 0 heterocycles. The Hall–Kier alpha value is -2.55. The van der Waals surface area contributed by atoms with Crippen LogP contribution in [0.3, 0.4) is 0 Å². The van der Waals surface area contributed by atoms with Crippen LogP contribution in [0, 0.1) is 6.92 Å². The van der Waals surface area contributed by atoms with Gasteiger partial charge in [-0.3, -0.25) is 4.79 Å². The first-order valence-corrected chi connectivity index (χ1v) is 5.98. The zero-order chi connectivity index (χ0) is 13.7. The molecule has 0 fully saturated rings. The van der Waals surface area contributed by atoms with Gasteiger partial charge in [-0.2, -0.15) is 0 Å². The molecule has 0 aliphatic carbocycles. The minimum atomic E-state index is -0.203. The van der Waals surface area contributed by atoms with Gasteiger partial charge in [0.1, 0.15) is 5.75 Å². The maximum absolute atomic E-state index is 11.7. The third kappa shape index (κ3) is 4.00. The molecule has 0 bridgehead atoms. The predicted molar refractivity (Wildman–Crippen MR) is 76.9 cm³/mol. The van der Waals surface area contributed by atoms with Gasteiger partial charge < -0.3 is 10.4 Å². The maximum atomic E-state index is 11.7. The number of phenols is 1. The highest BCUT2D eigenvalue weighted by Crippen LogP contribution is 2.13. The van der Waals surface area contributed by atoms with Crippen LogP contribution >= 0.6 is 0 Å². The first-order valence-electron chi connectivity index (χ1n) is 5.98. The van der Waals surface area contributed by atoms with Crippen molar-refractivity contribution in [2.24, 2.45) is 0 Å². The van der Waals surface area contributed by atoms with Crippen molar-refractivity contribution in [3.63, 3.8) is 0 Å². The van der Waals surface area contributed by atoms with Crippen molar-refractivity contribution >= 4 is 17.7 Å². The van der Waals surface area contributed by atoms with Crippen molar-refractivity contribution < 1.29 is 9.90 Å². The molecule has 3 heteroatoms. The van der Waals surface area contributed by atoms with Crippen LogP contribution in [0.25, 0.3) is 6.08 Å². The van der Waals surface area contributed by atoms with Crippen molar-refractivity contribution in [2.45, 2.75) is 6.92 Å². The average molecular weight is 253 g/mol. The first-order chi connectivity index (χ1) is 9.13. The van der Waals surface area contributed by atoms with E-state index in [1.54, 1.807) is 18.2 Å². The number of hydrogen-bond acceptors (Lipinski definition) is 2. The van der Waals surface area contributed by atoms with Crippen LogP contribution in [0.2, 0.25) is 0 Å². The van der Waals surface area contributed by atoms with E-state index in [9.17, 15) is 4.79 Å². The van der Waals surface area contributed by atoms with E-state index in [0.29, 0.717) is 5.69 Å². The molecule has 0 unspecified atom stereocenters. The highest BCUT2D eigenvalue weighted by Gasteiger charge is 1.97. The van der Waals surface area contributed by atoms with E-state index in [-0.39, 0.29) is 11.7 Å². The summed E-state index contributed by atoms with van der Waals surface area (Å²) in [6, 6.07) is 14.3. The largest absolute Gasteiger partial charge is 0.508 e. The van der Waals surface area contributed by atoms with Crippen molar-refractivity contribution in [3.05, 3.63) is 65.7 Å². The maximum Gasteiger partial charge on any atom is 0.248 e. The second-order valence-electron chi connectivity index (χ2n) is 4.28. The summed E-state index contributed by atoms with van der Waals surface area (Å²) in [6.45, 7) is 2.02. The molecule has 96 valence electrons. The number of aromatic hydroxyl groups is 1. The van der Waals surface area contributed by atoms with E-state index in [1.165, 1.54) is 23.8 Å². The number of anilines is 1. The van der Waals surface area contributed by atoms with Crippen LogP contribution in [0.5, 0.6) is 5.75 Å². The van der Waals surface area contributed by atoms with Gasteiger partial charge in [0, 0.05) is 11.8 Å². The van der Waals surface area contributed by atoms with Gasteiger partial charge in [0.05, 0.1) is 0 Å². The van der Waals surface area contributed by atoms with Gasteiger partial charge in [-0.15, -0.1) is 0 Å². The molecule has 1 amide bonds. The van der Waals surface area contributed by atoms with E-state index < -0.39 is 0 Å². The molecule has 2 aromatic carbocycles. The Balaban J connectivity index is 1.97. The van der Waals surface area contributed by atoms with Crippen molar-refractivity contribution in [2.75, 3.05) is 5.32 Å². The number of nitrogens with one attached hydrogen (secondary N) is 1. The van der Waals surface area contributed by atoms with Crippen LogP contribution in [-0.2, 0) is 4.79 Å². The van der Waals surface area contributed by atoms with Crippen LogP contribution in [0.1, 0.15) is 11.1 Å². The zero-order valence-corrected chi connectivity index (χ0v) is 10.6. The summed E-state index contributed by atoms with van der Waals surface area (Å²) in [5.41, 5.74) is 2.81. The summed E-state index contributed by atoms with van der Waals surface area (Å²) in [5.74, 6) is -0.0283. The Morgan fingerprint density at radius 1 is 1.05 bits per heavy atom. The van der Waals surface area contributed by atoms with Crippen molar-refractivity contribution in [3.8, 4) is 5.75 Å².